The molecule has 126 valence electrons. The van der Waals surface area contributed by atoms with Crippen LogP contribution in [-0.4, -0.2) is 24.0 Å². The highest BCUT2D eigenvalue weighted by atomic mass is 16.5. The first-order chi connectivity index (χ1) is 10.9. The van der Waals surface area contributed by atoms with Crippen LogP contribution in [0.15, 0.2) is 9.98 Å². The van der Waals surface area contributed by atoms with Crippen LogP contribution in [0.4, 0.5) is 0 Å². The van der Waals surface area contributed by atoms with Gasteiger partial charge in [0.15, 0.2) is 5.66 Å². The largest absolute Gasteiger partial charge is 0.507 e. The Morgan fingerprint density at radius 2 is 1.57 bits per heavy atom. The number of hydrogen-bond donors (Lipinski definition) is 1. The van der Waals surface area contributed by atoms with Gasteiger partial charge in [-0.2, -0.15) is 0 Å². The molecule has 0 saturated carbocycles. The molecule has 0 amide bonds. The molecule has 1 aromatic rings. The molecule has 0 atom stereocenters. The Labute approximate surface area is 138 Å². The lowest BCUT2D eigenvalue weighted by Gasteiger charge is -2.27. The van der Waals surface area contributed by atoms with Crippen LogP contribution in [-0.2, 0) is 11.2 Å². The summed E-state index contributed by atoms with van der Waals surface area (Å²) in [7, 11) is 0. The molecule has 2 aliphatic rings. The third-order valence-corrected chi connectivity index (χ3v) is 5.04. The molecule has 0 aliphatic carbocycles. The van der Waals surface area contributed by atoms with Crippen LogP contribution in [0.1, 0.15) is 76.0 Å². The quantitative estimate of drug-likeness (QED) is 0.932. The Hall–Kier alpha value is -1.42. The molecule has 1 saturated heterocycles. The molecule has 3 rings (SSSR count). The second-order valence-electron chi connectivity index (χ2n) is 7.33. The van der Waals surface area contributed by atoms with Crippen LogP contribution in [0.2, 0.25) is 0 Å². The summed E-state index contributed by atoms with van der Waals surface area (Å²) in [6.45, 7) is 12.1. The van der Waals surface area contributed by atoms with E-state index in [1.165, 1.54) is 5.56 Å². The summed E-state index contributed by atoms with van der Waals surface area (Å²) in [5.41, 5.74) is 2.82. The number of nitrogens with zero attached hydrogens (tertiary/aromatic N) is 2. The molecular weight excluding hydrogens is 288 g/mol. The Balaban J connectivity index is 2.37. The number of ether oxygens (including phenoxy) is 1. The molecule has 4 heteroatoms. The Kier molecular flexibility index (Phi) is 4.21. The van der Waals surface area contributed by atoms with Crippen molar-refractivity contribution in [2.75, 3.05) is 13.2 Å². The van der Waals surface area contributed by atoms with Gasteiger partial charge in [0.1, 0.15) is 5.75 Å². The highest BCUT2D eigenvalue weighted by Gasteiger charge is 2.36. The van der Waals surface area contributed by atoms with Gasteiger partial charge in [-0.25, -0.2) is 0 Å². The van der Waals surface area contributed by atoms with Gasteiger partial charge in [0.25, 0.3) is 0 Å². The van der Waals surface area contributed by atoms with Gasteiger partial charge >= 0.3 is 0 Å². The van der Waals surface area contributed by atoms with Crippen LogP contribution >= 0.6 is 0 Å². The first-order valence-electron chi connectivity index (χ1n) is 8.85. The highest BCUT2D eigenvalue weighted by molar-refractivity contribution is 5.49. The molecule has 2 heterocycles. The number of hydrogen-bond acceptors (Lipinski definition) is 4. The van der Waals surface area contributed by atoms with Crippen LogP contribution in [0.25, 0.3) is 0 Å². The van der Waals surface area contributed by atoms with Crippen LogP contribution in [0.5, 0.6) is 5.75 Å². The molecule has 1 N–H and O–H groups in total. The highest BCUT2D eigenvalue weighted by Crippen LogP contribution is 2.35. The first kappa shape index (κ1) is 16.4. The smallest absolute Gasteiger partial charge is 0.156 e. The molecule has 0 unspecified atom stereocenters. The maximum atomic E-state index is 11.0. The van der Waals surface area contributed by atoms with E-state index in [1.807, 2.05) is 0 Å². The minimum absolute atomic E-state index is 0.223. The molecule has 0 aromatic heterocycles. The SMILES string of the molecule is CCc1c(C(C)C)c(O)c(C(C)C)c2c1=NC1(CCOCC1)N=2. The van der Waals surface area contributed by atoms with E-state index in [0.717, 1.165) is 41.1 Å². The van der Waals surface area contributed by atoms with Crippen LogP contribution < -0.4 is 10.7 Å². The standard InChI is InChI=1S/C19H28N2O2/c1-6-13-14(11(2)3)18(22)15(12(4)5)17-16(13)20-19(21-17)7-9-23-10-8-19/h11-12,22H,6-10H2,1-5H3. The fourth-order valence-corrected chi connectivity index (χ4v) is 3.92. The van der Waals surface area contributed by atoms with E-state index in [0.29, 0.717) is 19.0 Å². The zero-order valence-corrected chi connectivity index (χ0v) is 14.9. The Morgan fingerprint density at radius 3 is 2.09 bits per heavy atom. The fourth-order valence-electron chi connectivity index (χ4n) is 3.92. The molecule has 0 radical (unpaired) electrons. The lowest BCUT2D eigenvalue weighted by Crippen LogP contribution is -2.32. The third kappa shape index (κ3) is 2.57. The minimum atomic E-state index is -0.365. The van der Waals surface area contributed by atoms with E-state index in [-0.39, 0.29) is 17.5 Å². The molecular formula is C19H28N2O2. The predicted molar refractivity (Wildman–Crippen MR) is 90.8 cm³/mol. The van der Waals surface area contributed by atoms with Crippen molar-refractivity contribution >= 4 is 0 Å². The molecule has 23 heavy (non-hydrogen) atoms. The second kappa shape index (κ2) is 5.90. The van der Waals surface area contributed by atoms with Crippen molar-refractivity contribution in [3.8, 4) is 5.75 Å². The van der Waals surface area contributed by atoms with Crippen molar-refractivity contribution in [3.05, 3.63) is 27.4 Å². The minimum Gasteiger partial charge on any atom is -0.507 e. The van der Waals surface area contributed by atoms with Gasteiger partial charge in [0.2, 0.25) is 0 Å². The number of benzene rings is 1. The fraction of sp³-hybridized carbons (Fsp3) is 0.684. The van der Waals surface area contributed by atoms with E-state index >= 15 is 0 Å². The Bertz CT molecular complexity index is 729. The van der Waals surface area contributed by atoms with Gasteiger partial charge in [-0.15, -0.1) is 0 Å². The molecule has 2 aliphatic heterocycles. The van der Waals surface area contributed by atoms with Crippen LogP contribution in [0, 0.1) is 0 Å². The number of phenols is 1. The lowest BCUT2D eigenvalue weighted by atomic mass is 9.88. The maximum Gasteiger partial charge on any atom is 0.156 e. The normalized spacial score (nSPS) is 19.1. The van der Waals surface area contributed by atoms with Gasteiger partial charge in [-0.05, 0) is 23.8 Å². The van der Waals surface area contributed by atoms with Crippen molar-refractivity contribution in [2.24, 2.45) is 9.98 Å². The van der Waals surface area contributed by atoms with Crippen molar-refractivity contribution in [3.63, 3.8) is 0 Å². The first-order valence-corrected chi connectivity index (χ1v) is 8.85. The van der Waals surface area contributed by atoms with Gasteiger partial charge in [-0.3, -0.25) is 9.98 Å². The molecule has 4 nitrogen and oxygen atoms in total. The second-order valence-corrected chi connectivity index (χ2v) is 7.33. The van der Waals surface area contributed by atoms with E-state index in [4.69, 9.17) is 14.7 Å². The Morgan fingerprint density at radius 1 is 1.00 bits per heavy atom. The van der Waals surface area contributed by atoms with Crippen molar-refractivity contribution in [2.45, 2.75) is 71.4 Å². The molecule has 1 fully saturated rings. The van der Waals surface area contributed by atoms with E-state index in [2.05, 4.69) is 34.6 Å². The summed E-state index contributed by atoms with van der Waals surface area (Å²) in [6.07, 6.45) is 2.54. The van der Waals surface area contributed by atoms with Crippen molar-refractivity contribution < 1.29 is 9.84 Å². The zero-order valence-electron chi connectivity index (χ0n) is 14.9. The lowest BCUT2D eigenvalue weighted by molar-refractivity contribution is 0.0565. The third-order valence-electron chi connectivity index (χ3n) is 5.04. The summed E-state index contributed by atoms with van der Waals surface area (Å²) in [5, 5.41) is 12.9. The number of rotatable bonds is 3. The molecule has 1 spiro atoms. The molecule has 1 aromatic carbocycles. The number of fused-ring (bicyclic) bond motifs is 1. The van der Waals surface area contributed by atoms with E-state index in [9.17, 15) is 5.11 Å². The van der Waals surface area contributed by atoms with Crippen molar-refractivity contribution in [1.29, 1.82) is 0 Å². The summed E-state index contributed by atoms with van der Waals surface area (Å²) < 4.78 is 5.51. The number of phenolic OH excluding ortho intramolecular Hbond substituents is 1. The van der Waals surface area contributed by atoms with Crippen LogP contribution in [0.3, 0.4) is 0 Å². The van der Waals surface area contributed by atoms with Crippen molar-refractivity contribution in [1.82, 2.24) is 0 Å². The summed E-state index contributed by atoms with van der Waals surface area (Å²) in [4.78, 5) is 10.1. The molecule has 0 bridgehead atoms. The number of aromatic hydroxyl groups is 1. The predicted octanol–water partition coefficient (Wildman–Crippen LogP) is 2.96. The topological polar surface area (TPSA) is 54.2 Å². The monoisotopic (exact) mass is 316 g/mol. The average molecular weight is 316 g/mol. The van der Waals surface area contributed by atoms with Gasteiger partial charge < -0.3 is 9.84 Å². The summed E-state index contributed by atoms with van der Waals surface area (Å²) in [5.74, 6) is 0.934. The average Bonchev–Trinajstić information content (AvgIpc) is 2.83. The summed E-state index contributed by atoms with van der Waals surface area (Å²) in [6, 6.07) is 0. The zero-order chi connectivity index (χ0) is 16.8. The van der Waals surface area contributed by atoms with Gasteiger partial charge in [0, 0.05) is 24.0 Å². The van der Waals surface area contributed by atoms with Gasteiger partial charge in [-0.1, -0.05) is 34.6 Å². The van der Waals surface area contributed by atoms with E-state index < -0.39 is 0 Å². The summed E-state index contributed by atoms with van der Waals surface area (Å²) >= 11 is 0. The maximum absolute atomic E-state index is 11.0. The van der Waals surface area contributed by atoms with Gasteiger partial charge in [0.05, 0.1) is 23.9 Å². The van der Waals surface area contributed by atoms with E-state index in [1.54, 1.807) is 0 Å².